The second kappa shape index (κ2) is 10.6. The lowest BCUT2D eigenvalue weighted by Gasteiger charge is -2.24. The number of aromatic nitrogens is 1. The van der Waals surface area contributed by atoms with Crippen LogP contribution in [0.1, 0.15) is 31.0 Å². The van der Waals surface area contributed by atoms with Crippen molar-refractivity contribution >= 4 is 23.4 Å². The number of methoxy groups -OCH3 is 1. The van der Waals surface area contributed by atoms with E-state index < -0.39 is 12.0 Å². The number of thiazole rings is 1. The molecule has 35 heavy (non-hydrogen) atoms. The van der Waals surface area contributed by atoms with Crippen molar-refractivity contribution in [2.75, 3.05) is 20.3 Å². The smallest absolute Gasteiger partial charge is 0.338 e. The van der Waals surface area contributed by atoms with Gasteiger partial charge in [-0.25, -0.2) is 9.79 Å². The molecule has 0 N–H and O–H groups in total. The number of carbonyl (C=O) groups is 1. The number of fused-ring (bicyclic) bond motifs is 1. The maximum Gasteiger partial charge on any atom is 0.338 e. The molecule has 0 spiro atoms. The molecule has 0 amide bonds. The largest absolute Gasteiger partial charge is 0.497 e. The van der Waals surface area contributed by atoms with Crippen LogP contribution in [0.15, 0.2) is 82.2 Å². The van der Waals surface area contributed by atoms with Crippen LogP contribution in [0.4, 0.5) is 0 Å². The van der Waals surface area contributed by atoms with Crippen molar-refractivity contribution in [1.82, 2.24) is 4.57 Å². The van der Waals surface area contributed by atoms with Gasteiger partial charge in [0, 0.05) is 0 Å². The molecule has 1 aromatic heterocycles. The Morgan fingerprint density at radius 2 is 1.83 bits per heavy atom. The summed E-state index contributed by atoms with van der Waals surface area (Å²) in [5, 5.41) is 0. The Labute approximate surface area is 206 Å². The summed E-state index contributed by atoms with van der Waals surface area (Å²) in [6, 6.07) is 14.1. The highest BCUT2D eigenvalue weighted by Gasteiger charge is 2.33. The highest BCUT2D eigenvalue weighted by atomic mass is 32.1. The standard InChI is InChI=1S/C27H26N2O5S/c1-5-15-34-26(31)23-17(3)28-27-29(24(23)19-9-13-20(32-4)14-10-19)25(30)22(35-27)16-18-7-11-21(12-8-18)33-6-2/h5,7-14,16,24H,1,6,15H2,2-4H3/b22-16-/t24-/m1/s1. The second-order valence-electron chi connectivity index (χ2n) is 7.74. The molecule has 4 rings (SSSR count). The zero-order valence-electron chi connectivity index (χ0n) is 19.8. The van der Waals surface area contributed by atoms with E-state index in [9.17, 15) is 9.59 Å². The summed E-state index contributed by atoms with van der Waals surface area (Å²) in [6.45, 7) is 7.93. The monoisotopic (exact) mass is 490 g/mol. The number of hydrogen-bond donors (Lipinski definition) is 0. The fraction of sp³-hybridized carbons (Fsp3) is 0.222. The number of nitrogens with zero attached hydrogens (tertiary/aromatic N) is 2. The van der Waals surface area contributed by atoms with Gasteiger partial charge < -0.3 is 14.2 Å². The van der Waals surface area contributed by atoms with Crippen LogP contribution in [0.25, 0.3) is 6.08 Å². The topological polar surface area (TPSA) is 79.1 Å². The maximum atomic E-state index is 13.6. The Hall–Kier alpha value is -3.91. The lowest BCUT2D eigenvalue weighted by Crippen LogP contribution is -2.39. The summed E-state index contributed by atoms with van der Waals surface area (Å²) in [4.78, 5) is 31.8. The van der Waals surface area contributed by atoms with Crippen LogP contribution in [-0.4, -0.2) is 30.9 Å². The summed E-state index contributed by atoms with van der Waals surface area (Å²) in [5.74, 6) is 0.907. The van der Waals surface area contributed by atoms with Gasteiger partial charge >= 0.3 is 5.97 Å². The fourth-order valence-electron chi connectivity index (χ4n) is 3.87. The Bertz CT molecular complexity index is 1450. The molecular formula is C27H26N2O5S. The van der Waals surface area contributed by atoms with E-state index >= 15 is 0 Å². The third kappa shape index (κ3) is 4.97. The number of hydrogen-bond acceptors (Lipinski definition) is 7. The number of carbonyl (C=O) groups excluding carboxylic acids is 1. The van der Waals surface area contributed by atoms with Gasteiger partial charge in [0.05, 0.1) is 35.6 Å². The van der Waals surface area contributed by atoms with Gasteiger partial charge in [0.25, 0.3) is 5.56 Å². The van der Waals surface area contributed by atoms with Crippen molar-refractivity contribution in [1.29, 1.82) is 0 Å². The molecule has 0 unspecified atom stereocenters. The normalized spacial score (nSPS) is 15.3. The lowest BCUT2D eigenvalue weighted by molar-refractivity contribution is -0.138. The molecule has 0 fully saturated rings. The number of benzene rings is 2. The number of esters is 1. The van der Waals surface area contributed by atoms with Crippen LogP contribution in [0.5, 0.6) is 11.5 Å². The second-order valence-corrected chi connectivity index (χ2v) is 8.75. The highest BCUT2D eigenvalue weighted by Crippen LogP contribution is 2.31. The minimum absolute atomic E-state index is 0.0626. The van der Waals surface area contributed by atoms with Gasteiger partial charge in [0.2, 0.25) is 0 Å². The van der Waals surface area contributed by atoms with E-state index in [2.05, 4.69) is 11.6 Å². The molecule has 3 aromatic rings. The van der Waals surface area contributed by atoms with Crippen molar-refractivity contribution in [3.05, 3.63) is 103 Å². The fourth-order valence-corrected chi connectivity index (χ4v) is 4.92. The first-order valence-electron chi connectivity index (χ1n) is 11.1. The summed E-state index contributed by atoms with van der Waals surface area (Å²) >= 11 is 1.28. The van der Waals surface area contributed by atoms with Gasteiger partial charge in [-0.2, -0.15) is 0 Å². The van der Waals surface area contributed by atoms with E-state index in [1.54, 1.807) is 30.7 Å². The Morgan fingerprint density at radius 1 is 1.14 bits per heavy atom. The molecule has 0 bridgehead atoms. The molecule has 0 radical (unpaired) electrons. The molecule has 0 saturated heterocycles. The third-order valence-electron chi connectivity index (χ3n) is 5.49. The van der Waals surface area contributed by atoms with Gasteiger partial charge in [0.1, 0.15) is 18.1 Å². The SMILES string of the molecule is C=CCOC(=O)C1=C(C)N=c2s/c(=C\c3ccc(OCC)cc3)c(=O)n2[C@@H]1c1ccc(OC)cc1. The van der Waals surface area contributed by atoms with E-state index in [0.717, 1.165) is 16.9 Å². The van der Waals surface area contributed by atoms with Gasteiger partial charge in [0.15, 0.2) is 4.80 Å². The molecule has 180 valence electrons. The first-order valence-corrected chi connectivity index (χ1v) is 12.0. The predicted molar refractivity (Wildman–Crippen MR) is 136 cm³/mol. The van der Waals surface area contributed by atoms with Crippen LogP contribution >= 0.6 is 11.3 Å². The van der Waals surface area contributed by atoms with Gasteiger partial charge in [-0.1, -0.05) is 48.3 Å². The first kappa shape index (κ1) is 24.2. The molecule has 7 nitrogen and oxygen atoms in total. The predicted octanol–water partition coefficient (Wildman–Crippen LogP) is 3.37. The number of rotatable bonds is 8. The zero-order chi connectivity index (χ0) is 24.9. The van der Waals surface area contributed by atoms with Crippen LogP contribution < -0.4 is 24.4 Å². The quantitative estimate of drug-likeness (QED) is 0.357. The first-order chi connectivity index (χ1) is 17.0. The molecule has 0 saturated carbocycles. The Kier molecular flexibility index (Phi) is 7.31. The molecule has 8 heteroatoms. The minimum Gasteiger partial charge on any atom is -0.497 e. The van der Waals surface area contributed by atoms with Crippen LogP contribution in [0.3, 0.4) is 0 Å². The van der Waals surface area contributed by atoms with E-state index in [0.29, 0.717) is 33.0 Å². The van der Waals surface area contributed by atoms with E-state index in [4.69, 9.17) is 14.2 Å². The summed E-state index contributed by atoms with van der Waals surface area (Å²) in [5.41, 5.74) is 2.20. The molecule has 2 aromatic carbocycles. The number of ether oxygens (including phenoxy) is 3. The zero-order valence-corrected chi connectivity index (χ0v) is 20.6. The Balaban J connectivity index is 1.86. The Morgan fingerprint density at radius 3 is 2.46 bits per heavy atom. The number of allylic oxidation sites excluding steroid dienone is 1. The molecule has 2 heterocycles. The highest BCUT2D eigenvalue weighted by molar-refractivity contribution is 7.07. The average Bonchev–Trinajstić information content (AvgIpc) is 3.17. The summed E-state index contributed by atoms with van der Waals surface area (Å²) < 4.78 is 18.2. The van der Waals surface area contributed by atoms with Crippen molar-refractivity contribution in [2.24, 2.45) is 4.99 Å². The van der Waals surface area contributed by atoms with Crippen molar-refractivity contribution in [3.63, 3.8) is 0 Å². The summed E-state index contributed by atoms with van der Waals surface area (Å²) in [6.07, 6.45) is 3.32. The van der Waals surface area contributed by atoms with Crippen molar-refractivity contribution in [3.8, 4) is 11.5 Å². The van der Waals surface area contributed by atoms with Crippen molar-refractivity contribution in [2.45, 2.75) is 19.9 Å². The molecule has 0 aliphatic carbocycles. The lowest BCUT2D eigenvalue weighted by atomic mass is 9.96. The minimum atomic E-state index is -0.683. The van der Waals surface area contributed by atoms with Crippen LogP contribution in [0.2, 0.25) is 0 Å². The molecular weight excluding hydrogens is 464 g/mol. The van der Waals surface area contributed by atoms with Crippen molar-refractivity contribution < 1.29 is 19.0 Å². The van der Waals surface area contributed by atoms with Gasteiger partial charge in [-0.05, 0) is 55.3 Å². The van der Waals surface area contributed by atoms with Crippen LogP contribution in [0, 0.1) is 0 Å². The van der Waals surface area contributed by atoms with Gasteiger partial charge in [-0.3, -0.25) is 9.36 Å². The maximum absolute atomic E-state index is 13.6. The molecule has 1 aliphatic rings. The van der Waals surface area contributed by atoms with Gasteiger partial charge in [-0.15, -0.1) is 0 Å². The van der Waals surface area contributed by atoms with E-state index in [1.807, 2.05) is 49.4 Å². The van der Waals surface area contributed by atoms with E-state index in [-0.39, 0.29) is 12.2 Å². The van der Waals surface area contributed by atoms with Crippen LogP contribution in [-0.2, 0) is 9.53 Å². The third-order valence-corrected chi connectivity index (χ3v) is 6.48. The summed E-state index contributed by atoms with van der Waals surface area (Å²) in [7, 11) is 1.58. The average molecular weight is 491 g/mol. The molecule has 1 atom stereocenters. The van der Waals surface area contributed by atoms with E-state index in [1.165, 1.54) is 17.4 Å². The molecule has 1 aliphatic heterocycles.